The van der Waals surface area contributed by atoms with Gasteiger partial charge < -0.3 is 5.32 Å². The molecule has 0 spiro atoms. The number of benzene rings is 2. The molecule has 0 unspecified atom stereocenters. The first kappa shape index (κ1) is 30.3. The van der Waals surface area contributed by atoms with Crippen molar-refractivity contribution >= 4 is 52.9 Å². The van der Waals surface area contributed by atoms with Gasteiger partial charge in [-0.05, 0) is 36.4 Å². The van der Waals surface area contributed by atoms with Crippen LogP contribution in [0.25, 0.3) is 0 Å². The third-order valence-corrected chi connectivity index (χ3v) is 4.89. The van der Waals surface area contributed by atoms with Crippen molar-refractivity contribution < 1.29 is 35.9 Å². The zero-order chi connectivity index (χ0) is 28.3. The summed E-state index contributed by atoms with van der Waals surface area (Å²) in [6.45, 7) is 0. The molecule has 15 heteroatoms. The van der Waals surface area contributed by atoms with E-state index in [1.807, 2.05) is 12.3 Å². The number of hydrogen-bond donors (Lipinski definition) is 1. The lowest BCUT2D eigenvalue weighted by atomic mass is 10.2. The first-order valence-corrected chi connectivity index (χ1v) is 10.9. The number of anilines is 1. The first-order valence-electron chi connectivity index (χ1n) is 10.1. The van der Waals surface area contributed by atoms with Crippen molar-refractivity contribution in [3.63, 3.8) is 0 Å². The van der Waals surface area contributed by atoms with Crippen LogP contribution in [0.3, 0.4) is 0 Å². The highest BCUT2D eigenvalue weighted by molar-refractivity contribution is 6.31. The quantitative estimate of drug-likeness (QED) is 0.190. The number of rotatable bonds is 2. The van der Waals surface area contributed by atoms with E-state index in [0.717, 1.165) is 35.3 Å². The maximum Gasteiger partial charge on any atom is 0.417 e. The summed E-state index contributed by atoms with van der Waals surface area (Å²) in [5, 5.41) is 1.46. The second kappa shape index (κ2) is 13.6. The molecule has 0 atom stereocenters. The standard InChI is InChI=1S/C11H7ClF3N3O.C8H3ClF3NO.C4H5N/c12-9-2-1-7(5-8(9)11(13,14)15)17-10(19)18-4-3-16-6-18;9-7-2-1-5(13-4-14)3-6(7)8(10,11)12;1-2-4-5-3-1/h1-6H,(H,17,19);1-3H;1,3-4H,2H2. The highest BCUT2D eigenvalue weighted by Crippen LogP contribution is 2.37. The van der Waals surface area contributed by atoms with Crippen LogP contribution in [0.4, 0.5) is 42.5 Å². The predicted octanol–water partition coefficient (Wildman–Crippen LogP) is 7.94. The topological polar surface area (TPSA) is 88.7 Å². The number of aromatic nitrogens is 2. The minimum atomic E-state index is -4.58. The predicted molar refractivity (Wildman–Crippen MR) is 130 cm³/mol. The lowest BCUT2D eigenvalue weighted by Crippen LogP contribution is -2.18. The van der Waals surface area contributed by atoms with E-state index in [9.17, 15) is 35.9 Å². The molecule has 0 aliphatic carbocycles. The van der Waals surface area contributed by atoms with Gasteiger partial charge in [-0.2, -0.15) is 31.3 Å². The van der Waals surface area contributed by atoms with E-state index in [-0.39, 0.29) is 11.4 Å². The molecule has 1 N–H and O–H groups in total. The fraction of sp³-hybridized carbons (Fsp3) is 0.130. The van der Waals surface area contributed by atoms with Crippen LogP contribution >= 0.6 is 23.2 Å². The van der Waals surface area contributed by atoms with Gasteiger partial charge in [0.1, 0.15) is 6.33 Å². The van der Waals surface area contributed by atoms with Crippen LogP contribution in [0.1, 0.15) is 17.5 Å². The van der Waals surface area contributed by atoms with Gasteiger partial charge in [0.15, 0.2) is 0 Å². The molecule has 2 aromatic carbocycles. The molecule has 1 aliphatic heterocycles. The number of nitrogens with one attached hydrogen (secondary N) is 1. The normalized spacial score (nSPS) is 12.0. The number of carbonyl (C=O) groups excluding carboxylic acids is 2. The fourth-order valence-corrected chi connectivity index (χ4v) is 2.99. The van der Waals surface area contributed by atoms with Gasteiger partial charge in [0.05, 0.1) is 26.9 Å². The molecule has 38 heavy (non-hydrogen) atoms. The van der Waals surface area contributed by atoms with Crippen LogP contribution < -0.4 is 5.32 Å². The molecular weight excluding hydrogens is 563 g/mol. The Labute approximate surface area is 221 Å². The van der Waals surface area contributed by atoms with Crippen molar-refractivity contribution in [2.24, 2.45) is 9.98 Å². The second-order valence-corrected chi connectivity index (χ2v) is 7.72. The van der Waals surface area contributed by atoms with Crippen LogP contribution in [-0.2, 0) is 17.1 Å². The summed E-state index contributed by atoms with van der Waals surface area (Å²) < 4.78 is 75.7. The molecular formula is C23H15Cl2F6N5O2. The summed E-state index contributed by atoms with van der Waals surface area (Å²) in [6.07, 6.45) is 2.72. The van der Waals surface area contributed by atoms with Crippen LogP contribution in [0.5, 0.6) is 0 Å². The molecule has 1 aromatic heterocycles. The zero-order valence-electron chi connectivity index (χ0n) is 18.8. The monoisotopic (exact) mass is 577 g/mol. The lowest BCUT2D eigenvalue weighted by Gasteiger charge is -2.11. The van der Waals surface area contributed by atoms with E-state index < -0.39 is 39.6 Å². The number of halogens is 8. The SMILES string of the molecule is C1=CN=CC1.O=C(Nc1ccc(Cl)c(C(F)(F)F)c1)n1ccnc1.O=C=Nc1ccc(Cl)c(C(F)(F)F)c1. The Morgan fingerprint density at radius 3 is 2.11 bits per heavy atom. The minimum Gasteiger partial charge on any atom is -0.307 e. The number of hydrogen-bond acceptors (Lipinski definition) is 5. The molecule has 1 aliphatic rings. The summed E-state index contributed by atoms with van der Waals surface area (Å²) >= 11 is 10.8. The maximum absolute atomic E-state index is 12.6. The van der Waals surface area contributed by atoms with E-state index >= 15 is 0 Å². The number of allylic oxidation sites excluding steroid dienone is 1. The lowest BCUT2D eigenvalue weighted by molar-refractivity contribution is -0.138. The molecule has 0 bridgehead atoms. The van der Waals surface area contributed by atoms with E-state index in [0.29, 0.717) is 6.07 Å². The highest BCUT2D eigenvalue weighted by Gasteiger charge is 2.34. The van der Waals surface area contributed by atoms with Gasteiger partial charge in [-0.1, -0.05) is 29.3 Å². The third kappa shape index (κ3) is 9.51. The maximum atomic E-state index is 12.6. The number of carbonyl (C=O) groups is 1. The molecule has 0 saturated carbocycles. The number of nitrogens with zero attached hydrogens (tertiary/aromatic N) is 4. The first-order chi connectivity index (χ1) is 17.8. The van der Waals surface area contributed by atoms with Gasteiger partial charge in [-0.3, -0.25) is 9.56 Å². The average molecular weight is 578 g/mol. The molecule has 0 saturated heterocycles. The van der Waals surface area contributed by atoms with Crippen molar-refractivity contribution in [2.45, 2.75) is 18.8 Å². The van der Waals surface area contributed by atoms with Crippen LogP contribution in [0, 0.1) is 0 Å². The van der Waals surface area contributed by atoms with Gasteiger partial charge in [0.2, 0.25) is 6.08 Å². The van der Waals surface area contributed by atoms with Crippen LogP contribution in [0.15, 0.2) is 77.4 Å². The molecule has 2 heterocycles. The Hall–Kier alpha value is -3.93. The number of imidazole rings is 1. The van der Waals surface area contributed by atoms with Gasteiger partial charge in [-0.25, -0.2) is 14.6 Å². The number of alkyl halides is 6. The Balaban J connectivity index is 0.000000232. The van der Waals surface area contributed by atoms with Gasteiger partial charge in [-0.15, -0.1) is 0 Å². The Morgan fingerprint density at radius 1 is 1.00 bits per heavy atom. The van der Waals surface area contributed by atoms with Crippen LogP contribution in [0.2, 0.25) is 10.0 Å². The second-order valence-electron chi connectivity index (χ2n) is 6.91. The Bertz CT molecular complexity index is 1340. The average Bonchev–Trinajstić information content (AvgIpc) is 3.58. The van der Waals surface area contributed by atoms with Crippen molar-refractivity contribution in [1.29, 1.82) is 0 Å². The van der Waals surface area contributed by atoms with Gasteiger partial charge in [0, 0.05) is 36.9 Å². The molecule has 3 aromatic rings. The summed E-state index contributed by atoms with van der Waals surface area (Å²) in [5.41, 5.74) is -2.15. The fourth-order valence-electron chi connectivity index (χ4n) is 2.54. The van der Waals surface area contributed by atoms with E-state index in [1.54, 1.807) is 6.20 Å². The molecule has 200 valence electrons. The molecule has 0 fully saturated rings. The largest absolute Gasteiger partial charge is 0.417 e. The van der Waals surface area contributed by atoms with Crippen molar-refractivity contribution in [2.75, 3.05) is 5.32 Å². The van der Waals surface area contributed by atoms with Crippen LogP contribution in [-0.4, -0.2) is 27.9 Å². The summed E-state index contributed by atoms with van der Waals surface area (Å²) in [4.78, 5) is 31.9. The number of amides is 1. The molecule has 1 amide bonds. The number of aliphatic imine (C=N–C) groups is 2. The Kier molecular flexibility index (Phi) is 10.8. The number of isocyanates is 1. The minimum absolute atomic E-state index is 0.00424. The smallest absolute Gasteiger partial charge is 0.307 e. The Morgan fingerprint density at radius 2 is 1.63 bits per heavy atom. The van der Waals surface area contributed by atoms with Gasteiger partial charge >= 0.3 is 18.4 Å². The van der Waals surface area contributed by atoms with E-state index in [1.165, 1.54) is 30.9 Å². The van der Waals surface area contributed by atoms with E-state index in [2.05, 4.69) is 20.3 Å². The van der Waals surface area contributed by atoms with Gasteiger partial charge in [0.25, 0.3) is 0 Å². The van der Waals surface area contributed by atoms with Crippen molar-refractivity contribution in [3.05, 3.63) is 88.6 Å². The zero-order valence-corrected chi connectivity index (χ0v) is 20.3. The van der Waals surface area contributed by atoms with Crippen molar-refractivity contribution in [1.82, 2.24) is 9.55 Å². The molecule has 4 rings (SSSR count). The molecule has 7 nitrogen and oxygen atoms in total. The summed E-state index contributed by atoms with van der Waals surface area (Å²) in [5.74, 6) is 0. The highest BCUT2D eigenvalue weighted by atomic mass is 35.5. The van der Waals surface area contributed by atoms with E-state index in [4.69, 9.17) is 23.2 Å². The van der Waals surface area contributed by atoms with Crippen molar-refractivity contribution in [3.8, 4) is 0 Å². The summed E-state index contributed by atoms with van der Waals surface area (Å²) in [6, 6.07) is 5.43. The molecule has 0 radical (unpaired) electrons. The third-order valence-electron chi connectivity index (χ3n) is 4.23. The summed E-state index contributed by atoms with van der Waals surface area (Å²) in [7, 11) is 0.